The van der Waals surface area contributed by atoms with Gasteiger partial charge in [-0.2, -0.15) is 0 Å². The van der Waals surface area contributed by atoms with Gasteiger partial charge in [0.05, 0.1) is 17.9 Å². The van der Waals surface area contributed by atoms with Crippen molar-refractivity contribution >= 4 is 11.7 Å². The normalized spacial score (nSPS) is 13.1. The molecule has 4 rings (SSSR count). The van der Waals surface area contributed by atoms with Crippen LogP contribution in [-0.2, 0) is 13.0 Å². The van der Waals surface area contributed by atoms with Gasteiger partial charge in [0.15, 0.2) is 0 Å². The first-order valence-electron chi connectivity index (χ1n) is 8.91. The first-order valence-corrected chi connectivity index (χ1v) is 8.91. The molecule has 0 aliphatic carbocycles. The van der Waals surface area contributed by atoms with Gasteiger partial charge in [-0.15, -0.1) is 0 Å². The number of rotatable bonds is 2. The van der Waals surface area contributed by atoms with E-state index >= 15 is 0 Å². The van der Waals surface area contributed by atoms with E-state index in [1.807, 2.05) is 54.6 Å². The second kappa shape index (κ2) is 7.07. The number of para-hydroxylation sites is 1. The monoisotopic (exact) mass is 360 g/mol. The Hall–Kier alpha value is -3.41. The Morgan fingerprint density at radius 2 is 1.85 bits per heavy atom. The molecule has 2 N–H and O–H groups in total. The van der Waals surface area contributed by atoms with Crippen molar-refractivity contribution in [3.63, 3.8) is 0 Å². The molecule has 27 heavy (non-hydrogen) atoms. The molecule has 0 spiro atoms. The zero-order valence-corrected chi connectivity index (χ0v) is 15.0. The molecule has 0 atom stereocenters. The number of hydrogen-bond donors (Lipinski definition) is 2. The molecular weight excluding hydrogens is 340 g/mol. The molecule has 2 heterocycles. The average molecular weight is 360 g/mol. The molecule has 3 aromatic rings. The minimum atomic E-state index is -0.191. The molecule has 1 aromatic heterocycles. The summed E-state index contributed by atoms with van der Waals surface area (Å²) in [5.74, 6) is 0.565. The van der Waals surface area contributed by atoms with Crippen molar-refractivity contribution in [3.8, 4) is 11.1 Å². The fraction of sp³-hybridized carbons (Fsp3) is 0.190. The number of nitrogens with one attached hydrogen (secondary N) is 2. The topological polar surface area (TPSA) is 78.1 Å². The lowest BCUT2D eigenvalue weighted by atomic mass is 10.0. The number of carbonyl (C=O) groups is 1. The van der Waals surface area contributed by atoms with Gasteiger partial charge in [0, 0.05) is 17.7 Å². The molecular formula is C21H20N4O2. The van der Waals surface area contributed by atoms with Gasteiger partial charge in [0.25, 0.3) is 5.56 Å². The van der Waals surface area contributed by atoms with Gasteiger partial charge < -0.3 is 15.2 Å². The quantitative estimate of drug-likeness (QED) is 0.736. The van der Waals surface area contributed by atoms with Gasteiger partial charge >= 0.3 is 6.03 Å². The third-order valence-corrected chi connectivity index (χ3v) is 4.73. The van der Waals surface area contributed by atoms with Crippen LogP contribution < -0.4 is 10.9 Å². The van der Waals surface area contributed by atoms with E-state index in [-0.39, 0.29) is 11.6 Å². The first-order chi connectivity index (χ1) is 13.1. The summed E-state index contributed by atoms with van der Waals surface area (Å²) in [6, 6.07) is 17.5. The van der Waals surface area contributed by atoms with E-state index in [9.17, 15) is 9.59 Å². The number of aromatic nitrogens is 2. The van der Waals surface area contributed by atoms with Crippen LogP contribution in [0, 0.1) is 6.92 Å². The SMILES string of the molecule is Cc1nc2c(c(=O)[nH]1)CCN(C(=O)Nc1ccccc1-c1ccccc1)C2. The maximum atomic E-state index is 12.8. The van der Waals surface area contributed by atoms with E-state index in [0.717, 1.165) is 16.8 Å². The number of aromatic amines is 1. The lowest BCUT2D eigenvalue weighted by Crippen LogP contribution is -2.41. The van der Waals surface area contributed by atoms with Crippen LogP contribution in [0.3, 0.4) is 0 Å². The van der Waals surface area contributed by atoms with Crippen molar-refractivity contribution in [2.24, 2.45) is 0 Å². The maximum absolute atomic E-state index is 12.8. The predicted octanol–water partition coefficient (Wildman–Crippen LogP) is 3.34. The summed E-state index contributed by atoms with van der Waals surface area (Å²) in [4.78, 5) is 33.7. The smallest absolute Gasteiger partial charge is 0.318 e. The summed E-state index contributed by atoms with van der Waals surface area (Å²) < 4.78 is 0. The highest BCUT2D eigenvalue weighted by Gasteiger charge is 2.24. The largest absolute Gasteiger partial charge is 0.322 e. The van der Waals surface area contributed by atoms with Crippen LogP contribution in [0.1, 0.15) is 17.1 Å². The molecule has 2 aromatic carbocycles. The van der Waals surface area contributed by atoms with Crippen LogP contribution in [0.4, 0.5) is 10.5 Å². The molecule has 1 aliphatic heterocycles. The second-order valence-electron chi connectivity index (χ2n) is 6.59. The fourth-order valence-electron chi connectivity index (χ4n) is 3.39. The van der Waals surface area contributed by atoms with Crippen molar-refractivity contribution in [2.45, 2.75) is 19.9 Å². The van der Waals surface area contributed by atoms with Gasteiger partial charge in [0.1, 0.15) is 5.82 Å². The van der Waals surface area contributed by atoms with E-state index in [1.165, 1.54) is 0 Å². The predicted molar refractivity (Wildman–Crippen MR) is 105 cm³/mol. The Morgan fingerprint density at radius 3 is 2.67 bits per heavy atom. The molecule has 0 unspecified atom stereocenters. The van der Waals surface area contributed by atoms with Gasteiger partial charge in [-0.1, -0.05) is 48.5 Å². The fourth-order valence-corrected chi connectivity index (χ4v) is 3.39. The molecule has 0 radical (unpaired) electrons. The van der Waals surface area contributed by atoms with Gasteiger partial charge in [-0.05, 0) is 25.0 Å². The zero-order chi connectivity index (χ0) is 18.8. The minimum Gasteiger partial charge on any atom is -0.318 e. The molecule has 1 aliphatic rings. The van der Waals surface area contributed by atoms with Gasteiger partial charge in [0.2, 0.25) is 0 Å². The summed E-state index contributed by atoms with van der Waals surface area (Å²) in [6.07, 6.45) is 0.506. The molecule has 2 amide bonds. The van der Waals surface area contributed by atoms with Crippen LogP contribution in [-0.4, -0.2) is 27.4 Å². The molecule has 6 heteroatoms. The van der Waals surface area contributed by atoms with E-state index in [1.54, 1.807) is 11.8 Å². The van der Waals surface area contributed by atoms with Crippen molar-refractivity contribution in [1.29, 1.82) is 0 Å². The third-order valence-electron chi connectivity index (χ3n) is 4.73. The Morgan fingerprint density at radius 1 is 1.11 bits per heavy atom. The number of nitrogens with zero attached hydrogens (tertiary/aromatic N) is 2. The van der Waals surface area contributed by atoms with Crippen molar-refractivity contribution in [1.82, 2.24) is 14.9 Å². The standard InChI is InChI=1S/C21H20N4O2/c1-14-22-19-13-25(12-11-17(19)20(26)23-14)21(27)24-18-10-6-5-9-16(18)15-7-3-2-4-8-15/h2-10H,11-13H2,1H3,(H,24,27)(H,22,23,26). The Kier molecular flexibility index (Phi) is 4.46. The minimum absolute atomic E-state index is 0.105. The Balaban J connectivity index is 1.57. The van der Waals surface area contributed by atoms with Crippen LogP contribution in [0.25, 0.3) is 11.1 Å². The van der Waals surface area contributed by atoms with Crippen LogP contribution in [0.2, 0.25) is 0 Å². The molecule has 136 valence electrons. The summed E-state index contributed by atoms with van der Waals surface area (Å²) in [5, 5.41) is 3.01. The number of anilines is 1. The Labute approximate surface area is 156 Å². The summed E-state index contributed by atoms with van der Waals surface area (Å²) in [7, 11) is 0. The number of aryl methyl sites for hydroxylation is 1. The summed E-state index contributed by atoms with van der Waals surface area (Å²) in [6.45, 7) is 2.57. The highest BCUT2D eigenvalue weighted by molar-refractivity contribution is 5.94. The van der Waals surface area contributed by atoms with Crippen molar-refractivity contribution < 1.29 is 4.79 Å². The molecule has 6 nitrogen and oxygen atoms in total. The van der Waals surface area contributed by atoms with Crippen LogP contribution in [0.5, 0.6) is 0 Å². The number of fused-ring (bicyclic) bond motifs is 1. The van der Waals surface area contributed by atoms with E-state index in [4.69, 9.17) is 0 Å². The van der Waals surface area contributed by atoms with E-state index in [2.05, 4.69) is 15.3 Å². The lowest BCUT2D eigenvalue weighted by molar-refractivity contribution is 0.205. The Bertz CT molecular complexity index is 1040. The second-order valence-corrected chi connectivity index (χ2v) is 6.59. The number of hydrogen-bond acceptors (Lipinski definition) is 3. The lowest BCUT2D eigenvalue weighted by Gasteiger charge is -2.28. The molecule has 0 bridgehead atoms. The first kappa shape index (κ1) is 17.0. The van der Waals surface area contributed by atoms with Crippen LogP contribution in [0.15, 0.2) is 59.4 Å². The highest BCUT2D eigenvalue weighted by atomic mass is 16.2. The van der Waals surface area contributed by atoms with Gasteiger partial charge in [-0.25, -0.2) is 9.78 Å². The summed E-state index contributed by atoms with van der Waals surface area (Å²) >= 11 is 0. The van der Waals surface area contributed by atoms with Crippen molar-refractivity contribution in [2.75, 3.05) is 11.9 Å². The zero-order valence-electron chi connectivity index (χ0n) is 15.0. The number of benzene rings is 2. The number of amides is 2. The van der Waals surface area contributed by atoms with Gasteiger partial charge in [-0.3, -0.25) is 4.79 Å². The highest BCUT2D eigenvalue weighted by Crippen LogP contribution is 2.28. The van der Waals surface area contributed by atoms with Crippen molar-refractivity contribution in [3.05, 3.63) is 82.0 Å². The molecule has 0 fully saturated rings. The van der Waals surface area contributed by atoms with Crippen LogP contribution >= 0.6 is 0 Å². The number of urea groups is 1. The molecule has 0 saturated heterocycles. The molecule has 0 saturated carbocycles. The number of carbonyl (C=O) groups excluding carboxylic acids is 1. The number of H-pyrrole nitrogens is 1. The average Bonchev–Trinajstić information content (AvgIpc) is 2.68. The maximum Gasteiger partial charge on any atom is 0.322 e. The summed E-state index contributed by atoms with van der Waals surface area (Å²) in [5.41, 5.74) is 4.01. The third kappa shape index (κ3) is 3.46. The van der Waals surface area contributed by atoms with E-state index < -0.39 is 0 Å². The van der Waals surface area contributed by atoms with E-state index in [0.29, 0.717) is 36.6 Å².